The normalized spacial score (nSPS) is 44.4. The Labute approximate surface area is 156 Å². The molecule has 0 spiro atoms. The molecule has 0 amide bonds. The van der Waals surface area contributed by atoms with E-state index in [1.807, 2.05) is 0 Å². The van der Waals surface area contributed by atoms with Crippen LogP contribution >= 0.6 is 69.6 Å². The number of rotatable bonds is 0. The van der Waals surface area contributed by atoms with Gasteiger partial charge in [0.15, 0.2) is 0 Å². The Morgan fingerprint density at radius 1 is 0.400 bits per heavy atom. The number of halogens is 6. The minimum absolute atomic E-state index is 0. The van der Waals surface area contributed by atoms with Crippen molar-refractivity contribution in [2.45, 2.75) is 32.3 Å². The number of alkyl halides is 6. The Bertz CT molecular complexity index is 117. The van der Waals surface area contributed by atoms with Crippen LogP contribution in [0.4, 0.5) is 0 Å². The van der Waals surface area contributed by atoms with E-state index in [0.29, 0.717) is 0 Å². The van der Waals surface area contributed by atoms with E-state index >= 15 is 0 Å². The molecule has 9 heteroatoms. The first-order chi connectivity index (χ1) is 5.46. The fraction of sp³-hybridized carbons (Fsp3) is 1.00. The Morgan fingerprint density at radius 3 is 0.533 bits per heavy atom. The van der Waals surface area contributed by atoms with E-state index in [2.05, 4.69) is 0 Å². The van der Waals surface area contributed by atoms with E-state index < -0.39 is 32.3 Å². The molecular formula is C6H12Cl6O2Sr. The fourth-order valence-corrected chi connectivity index (χ4v) is 3.38. The Morgan fingerprint density at radius 2 is 0.467 bits per heavy atom. The second kappa shape index (κ2) is 9.99. The fourth-order valence-electron chi connectivity index (χ4n) is 1.05. The molecule has 1 saturated carbocycles. The zero-order valence-electron chi connectivity index (χ0n) is 6.73. The molecule has 15 heavy (non-hydrogen) atoms. The molecule has 0 aromatic rings. The Kier molecular flexibility index (Phi) is 15.5. The van der Waals surface area contributed by atoms with Crippen LogP contribution in [0.1, 0.15) is 0 Å². The first-order valence-electron chi connectivity index (χ1n) is 3.31. The molecule has 1 rings (SSSR count). The summed E-state index contributed by atoms with van der Waals surface area (Å²) in [6.45, 7) is 0. The van der Waals surface area contributed by atoms with E-state index in [4.69, 9.17) is 69.6 Å². The summed E-state index contributed by atoms with van der Waals surface area (Å²) in [7, 11) is 0. The summed E-state index contributed by atoms with van der Waals surface area (Å²) in [5.41, 5.74) is 0. The molecule has 4 N–H and O–H groups in total. The summed E-state index contributed by atoms with van der Waals surface area (Å²) in [5.74, 6) is 0. The standard InChI is InChI=1S/C6H6Cl6.2H2O.Sr.2H/c7-1-2(8)4(10)6(12)5(11)3(1)9;;;;;/h1-6H;2*1H2;;;/t1-,2-,3-,4+,5+,6+;;;;;. The molecule has 92 valence electrons. The van der Waals surface area contributed by atoms with Crippen molar-refractivity contribution < 1.29 is 11.0 Å². The van der Waals surface area contributed by atoms with Crippen LogP contribution in [-0.2, 0) is 0 Å². The van der Waals surface area contributed by atoms with Crippen molar-refractivity contribution in [3.05, 3.63) is 0 Å². The van der Waals surface area contributed by atoms with Crippen molar-refractivity contribution in [3.63, 3.8) is 0 Å². The van der Waals surface area contributed by atoms with Crippen LogP contribution in [0.15, 0.2) is 0 Å². The first kappa shape index (κ1) is 23.2. The maximum absolute atomic E-state index is 5.88. The van der Waals surface area contributed by atoms with Crippen LogP contribution in [0.25, 0.3) is 0 Å². The van der Waals surface area contributed by atoms with Gasteiger partial charge in [-0.05, 0) is 0 Å². The zero-order chi connectivity index (χ0) is 9.46. The molecular weight excluding hydrogens is 404 g/mol. The van der Waals surface area contributed by atoms with Gasteiger partial charge in [0, 0.05) is 0 Å². The molecule has 1 aliphatic carbocycles. The number of hydrogen-bond acceptors (Lipinski definition) is 0. The van der Waals surface area contributed by atoms with E-state index in [0.717, 1.165) is 0 Å². The molecule has 0 heterocycles. The second-order valence-corrected chi connectivity index (χ2v) is 5.69. The Balaban J connectivity index is -0.000000480. The van der Waals surface area contributed by atoms with Gasteiger partial charge >= 0.3 is 45.5 Å². The predicted octanol–water partition coefficient (Wildman–Crippen LogP) is 1.08. The summed E-state index contributed by atoms with van der Waals surface area (Å²) < 4.78 is 0. The maximum atomic E-state index is 5.88. The van der Waals surface area contributed by atoms with Crippen molar-refractivity contribution in [1.82, 2.24) is 0 Å². The van der Waals surface area contributed by atoms with Gasteiger partial charge in [0.1, 0.15) is 0 Å². The van der Waals surface area contributed by atoms with E-state index in [9.17, 15) is 0 Å². The molecule has 0 atom stereocenters. The van der Waals surface area contributed by atoms with Gasteiger partial charge in [0.2, 0.25) is 0 Å². The number of hydrogen-bond donors (Lipinski definition) is 0. The molecule has 0 aromatic heterocycles. The zero-order valence-corrected chi connectivity index (χ0v) is 11.3. The summed E-state index contributed by atoms with van der Waals surface area (Å²) in [6, 6.07) is 0. The molecule has 0 aliphatic heterocycles. The predicted molar refractivity (Wildman–Crippen MR) is 73.6 cm³/mol. The van der Waals surface area contributed by atoms with Gasteiger partial charge in [-0.15, -0.1) is 69.6 Å². The third kappa shape index (κ3) is 5.33. The molecule has 2 nitrogen and oxygen atoms in total. The van der Waals surface area contributed by atoms with E-state index in [-0.39, 0.29) is 56.4 Å². The first-order valence-corrected chi connectivity index (χ1v) is 5.93. The molecule has 0 aromatic carbocycles. The van der Waals surface area contributed by atoms with Crippen molar-refractivity contribution in [2.75, 3.05) is 0 Å². The summed E-state index contributed by atoms with van der Waals surface area (Å²) in [6.07, 6.45) is 0. The van der Waals surface area contributed by atoms with Crippen molar-refractivity contribution >= 4 is 115 Å². The average molecular weight is 416 g/mol. The van der Waals surface area contributed by atoms with E-state index in [1.165, 1.54) is 0 Å². The molecule has 1 fully saturated rings. The SMILES string of the molecule is Cl[C@H]1[C@H](Cl)[C@@H](Cl)[C@@H](Cl)[C@H](Cl)[C@H]1Cl.O.O.[SrH2]. The van der Waals surface area contributed by atoms with Gasteiger partial charge in [-0.2, -0.15) is 0 Å². The summed E-state index contributed by atoms with van der Waals surface area (Å²) in [4.78, 5) is 0. The van der Waals surface area contributed by atoms with Gasteiger partial charge in [-0.25, -0.2) is 0 Å². The van der Waals surface area contributed by atoms with Gasteiger partial charge in [0.05, 0.1) is 32.3 Å². The van der Waals surface area contributed by atoms with Gasteiger partial charge < -0.3 is 11.0 Å². The van der Waals surface area contributed by atoms with Crippen LogP contribution in [0.2, 0.25) is 0 Å². The van der Waals surface area contributed by atoms with Crippen LogP contribution in [0.3, 0.4) is 0 Å². The third-order valence-electron chi connectivity index (χ3n) is 1.83. The van der Waals surface area contributed by atoms with Gasteiger partial charge in [-0.3, -0.25) is 0 Å². The van der Waals surface area contributed by atoms with E-state index in [1.54, 1.807) is 0 Å². The van der Waals surface area contributed by atoms with Crippen molar-refractivity contribution in [1.29, 1.82) is 0 Å². The van der Waals surface area contributed by atoms with Crippen LogP contribution < -0.4 is 0 Å². The summed E-state index contributed by atoms with van der Waals surface area (Å²) >= 11 is 35.3. The topological polar surface area (TPSA) is 63.0 Å². The van der Waals surface area contributed by atoms with Crippen molar-refractivity contribution in [2.24, 2.45) is 0 Å². The third-order valence-corrected chi connectivity index (χ3v) is 5.86. The molecule has 0 saturated heterocycles. The van der Waals surface area contributed by atoms with Gasteiger partial charge in [0.25, 0.3) is 0 Å². The monoisotopic (exact) mass is 414 g/mol. The minimum atomic E-state index is -0.437. The molecule has 0 bridgehead atoms. The molecule has 0 radical (unpaired) electrons. The van der Waals surface area contributed by atoms with Gasteiger partial charge in [-0.1, -0.05) is 0 Å². The average Bonchev–Trinajstić information content (AvgIpc) is 2.08. The second-order valence-electron chi connectivity index (χ2n) is 2.67. The Hall–Kier alpha value is 3.14. The summed E-state index contributed by atoms with van der Waals surface area (Å²) in [5, 5.41) is -2.62. The molecule has 0 unspecified atom stereocenters. The molecule has 1 aliphatic rings. The quantitative estimate of drug-likeness (QED) is 0.419. The van der Waals surface area contributed by atoms with Crippen LogP contribution in [0, 0.1) is 0 Å². The van der Waals surface area contributed by atoms with Crippen LogP contribution in [0.5, 0.6) is 0 Å². The van der Waals surface area contributed by atoms with Crippen molar-refractivity contribution in [3.8, 4) is 0 Å². The van der Waals surface area contributed by atoms with Crippen LogP contribution in [-0.4, -0.2) is 88.7 Å².